The second-order valence-electron chi connectivity index (χ2n) is 28.1. The number of amides is 6. The van der Waals surface area contributed by atoms with Crippen molar-refractivity contribution in [3.8, 4) is 55.6 Å². The van der Waals surface area contributed by atoms with E-state index in [2.05, 4.69) is 10.1 Å². The molecule has 7 heterocycles. The highest BCUT2D eigenvalue weighted by Gasteiger charge is 2.37. The second kappa shape index (κ2) is 38.4. The molecule has 6 amide bonds. The van der Waals surface area contributed by atoms with Gasteiger partial charge < -0.3 is 29.4 Å². The van der Waals surface area contributed by atoms with Gasteiger partial charge in [0.2, 0.25) is 5.91 Å². The summed E-state index contributed by atoms with van der Waals surface area (Å²) in [6, 6.07) is 55.1. The number of pyridine rings is 1. The predicted octanol–water partition coefficient (Wildman–Crippen LogP) is 20.1. The fourth-order valence-electron chi connectivity index (χ4n) is 13.5. The Labute approximate surface area is 693 Å². The molecule has 30 heteroatoms. The molecule has 0 radical (unpaired) electrons. The zero-order chi connectivity index (χ0) is 84.9. The zero-order valence-corrected chi connectivity index (χ0v) is 68.7. The first-order valence-corrected chi connectivity index (χ1v) is 42.7. The molecule has 5 aliphatic heterocycles. The molecule has 0 bridgehead atoms. The van der Waals surface area contributed by atoms with Crippen molar-refractivity contribution >= 4 is 104 Å². The molecule has 11 aromatic rings. The van der Waals surface area contributed by atoms with Gasteiger partial charge in [-0.2, -0.15) is 5.10 Å². The van der Waals surface area contributed by atoms with Crippen LogP contribution >= 0.6 is 23.5 Å². The van der Waals surface area contributed by atoms with Crippen molar-refractivity contribution in [3.63, 3.8) is 0 Å². The summed E-state index contributed by atoms with van der Waals surface area (Å²) >= 11 is 3.27. The van der Waals surface area contributed by atoms with Gasteiger partial charge in [0.1, 0.15) is 65.9 Å². The Morgan fingerprint density at radius 2 is 0.714 bits per heavy atom. The van der Waals surface area contributed by atoms with Crippen LogP contribution in [-0.4, -0.2) is 141 Å². The average molecular weight is 1680 g/mol. The number of fused-ring (bicyclic) bond motifs is 1. The number of halogens is 5. The van der Waals surface area contributed by atoms with E-state index in [1.54, 1.807) is 143 Å². The standard InChI is InChI=1S/C18H17FN2O3.C18H18FNO4S.2C18H18FNO2S.C17H15FN4O2/c1-2-14-10-21(18(23)24-14)13-7-8-15(16(19)9-13)11-3-5-12(6-4-11)17(20)22;1-3-14-11-20(18(21)24-14)13-6-9-16(17(19)10-13)12-4-7-15(8-5-12)25(2,22)23;1-3-14-11-20(18(21)22-14)13-6-9-16(17(19)10-13)12-4-7-15(23-2)8-5-12;1-3-14-11-20(18(21)22-14)13-7-8-16(17(19)10-13)12-5-4-6-15(9-12)23-2;1-2-13-9-21(17(23)24-13)12-4-5-14(15(18)7-12)11-3-6-16-19-10-20-22(16)8-11/h3-9,14H,2,10H2,1H3,(H2,20,22);4-10,14H,3,11H2,1-2H3;2*4-10,14H,3,11H2,1-2H3;3-8,10,13H,2,9H2,1H3. The Kier molecular flexibility index (Phi) is 27.8. The number of nitrogens with two attached hydrogens (primary N) is 1. The van der Waals surface area contributed by atoms with E-state index in [4.69, 9.17) is 29.4 Å². The molecular formula is C89H86F5N9O13S3. The first kappa shape index (κ1) is 86.1. The fourth-order valence-corrected chi connectivity index (χ4v) is 15.0. The van der Waals surface area contributed by atoms with Gasteiger partial charge in [-0.1, -0.05) is 83.1 Å². The van der Waals surface area contributed by atoms with E-state index in [1.807, 2.05) is 95.7 Å². The van der Waals surface area contributed by atoms with Gasteiger partial charge in [-0.25, -0.2) is 63.8 Å². The van der Waals surface area contributed by atoms with E-state index in [0.717, 1.165) is 52.9 Å². The summed E-state index contributed by atoms with van der Waals surface area (Å²) in [6.07, 6.45) is 9.03. The van der Waals surface area contributed by atoms with E-state index in [0.29, 0.717) is 123 Å². The maximum Gasteiger partial charge on any atom is 0.414 e. The summed E-state index contributed by atoms with van der Waals surface area (Å²) in [5, 5.41) is 4.06. The molecule has 5 saturated heterocycles. The average Bonchev–Trinajstić information content (AvgIpc) is 1.75. The minimum absolute atomic E-state index is 0.121. The number of hydrogen-bond acceptors (Lipinski definition) is 17. The molecule has 2 aromatic heterocycles. The van der Waals surface area contributed by atoms with E-state index >= 15 is 0 Å². The van der Waals surface area contributed by atoms with Gasteiger partial charge in [0, 0.05) is 61.2 Å². The van der Waals surface area contributed by atoms with Crippen LogP contribution in [0.25, 0.3) is 61.3 Å². The summed E-state index contributed by atoms with van der Waals surface area (Å²) in [5.41, 5.74) is 14.5. The van der Waals surface area contributed by atoms with Crippen LogP contribution in [0.4, 0.5) is 74.4 Å². The lowest BCUT2D eigenvalue weighted by atomic mass is 10.0. The van der Waals surface area contributed by atoms with Gasteiger partial charge in [-0.15, -0.1) is 23.5 Å². The summed E-state index contributed by atoms with van der Waals surface area (Å²) in [6.45, 7) is 11.9. The molecular weight excluding hydrogens is 1590 g/mol. The SMILES string of the molecule is CCC1CN(c2ccc(-c3ccc(C(N)=O)cc3)c(F)c2)C(=O)O1.CCC1CN(c2ccc(-c3ccc(S(C)(=O)=O)cc3)c(F)c2)C(=O)O1.CCC1CN(c2ccc(-c3ccc(SC)cc3)c(F)c2)C(=O)O1.CCC1CN(c2ccc(-c3ccc4ncnn4c3)c(F)c2)C(=O)O1.CCC1CN(c2ccc(-c3cccc(SC)c3)c(F)c2)C(=O)O1. The predicted molar refractivity (Wildman–Crippen MR) is 450 cm³/mol. The molecule has 119 heavy (non-hydrogen) atoms. The molecule has 5 fully saturated rings. The first-order valence-electron chi connectivity index (χ1n) is 38.4. The minimum atomic E-state index is -3.30. The Balaban J connectivity index is 0.000000137. The van der Waals surface area contributed by atoms with E-state index < -0.39 is 63.7 Å². The number of aromatic nitrogens is 3. The summed E-state index contributed by atoms with van der Waals surface area (Å²) in [4.78, 5) is 84.2. The number of cyclic esters (lactones) is 5. The number of thioether (sulfide) groups is 2. The molecule has 9 aromatic carbocycles. The van der Waals surface area contributed by atoms with Crippen molar-refractivity contribution in [3.05, 3.63) is 247 Å². The lowest BCUT2D eigenvalue weighted by Gasteiger charge is -2.14. The molecule has 618 valence electrons. The summed E-state index contributed by atoms with van der Waals surface area (Å²) in [7, 11) is -3.30. The molecule has 2 N–H and O–H groups in total. The van der Waals surface area contributed by atoms with Crippen LogP contribution in [-0.2, 0) is 33.5 Å². The third-order valence-corrected chi connectivity index (χ3v) is 23.0. The third-order valence-electron chi connectivity index (χ3n) is 20.4. The van der Waals surface area contributed by atoms with E-state index in [-0.39, 0.29) is 47.0 Å². The van der Waals surface area contributed by atoms with Gasteiger partial charge in [-0.3, -0.25) is 29.3 Å². The van der Waals surface area contributed by atoms with Crippen LogP contribution in [0, 0.1) is 29.1 Å². The van der Waals surface area contributed by atoms with Gasteiger partial charge >= 0.3 is 30.5 Å². The minimum Gasteiger partial charge on any atom is -0.444 e. The van der Waals surface area contributed by atoms with Gasteiger partial charge in [-0.05, 0) is 219 Å². The van der Waals surface area contributed by atoms with Crippen LogP contribution < -0.4 is 30.2 Å². The van der Waals surface area contributed by atoms with Crippen LogP contribution in [0.5, 0.6) is 0 Å². The maximum absolute atomic E-state index is 14.6. The molecule has 0 saturated carbocycles. The summed E-state index contributed by atoms with van der Waals surface area (Å²) < 4.78 is 123. The number of benzene rings is 9. The number of ether oxygens (including phenoxy) is 5. The lowest BCUT2D eigenvalue weighted by Crippen LogP contribution is -2.24. The largest absolute Gasteiger partial charge is 0.444 e. The van der Waals surface area contributed by atoms with Gasteiger partial charge in [0.15, 0.2) is 15.5 Å². The number of carbonyl (C=O) groups is 6. The van der Waals surface area contributed by atoms with Crippen molar-refractivity contribution in [2.75, 3.05) is 76.0 Å². The number of rotatable bonds is 19. The van der Waals surface area contributed by atoms with Crippen LogP contribution in [0.15, 0.2) is 227 Å². The number of anilines is 5. The molecule has 22 nitrogen and oxygen atoms in total. The highest BCUT2D eigenvalue weighted by Crippen LogP contribution is 2.37. The van der Waals surface area contributed by atoms with E-state index in [9.17, 15) is 59.1 Å². The molecule has 5 unspecified atom stereocenters. The Hall–Kier alpha value is -12.3. The third kappa shape index (κ3) is 20.5. The summed E-state index contributed by atoms with van der Waals surface area (Å²) in [5.74, 6) is -2.56. The number of primary amides is 1. The second-order valence-corrected chi connectivity index (χ2v) is 31.9. The van der Waals surface area contributed by atoms with Crippen molar-refractivity contribution in [2.24, 2.45) is 5.73 Å². The van der Waals surface area contributed by atoms with Crippen molar-refractivity contribution in [1.82, 2.24) is 14.6 Å². The van der Waals surface area contributed by atoms with Crippen LogP contribution in [0.3, 0.4) is 0 Å². The zero-order valence-electron chi connectivity index (χ0n) is 66.2. The monoisotopic (exact) mass is 1680 g/mol. The number of sulfone groups is 1. The van der Waals surface area contributed by atoms with Crippen molar-refractivity contribution in [1.29, 1.82) is 0 Å². The number of hydrogen-bond donors (Lipinski definition) is 1. The van der Waals surface area contributed by atoms with Gasteiger partial charge in [0.25, 0.3) is 0 Å². The number of carbonyl (C=O) groups excluding carboxylic acids is 6. The maximum atomic E-state index is 14.6. The smallest absolute Gasteiger partial charge is 0.414 e. The molecule has 0 spiro atoms. The molecule has 5 atom stereocenters. The topological polar surface area (TPSA) is 255 Å². The Morgan fingerprint density at radius 3 is 1.02 bits per heavy atom. The highest BCUT2D eigenvalue weighted by atomic mass is 32.2. The van der Waals surface area contributed by atoms with Crippen LogP contribution in [0.2, 0.25) is 0 Å². The fraction of sp³-hybridized carbons (Fsp3) is 0.258. The quantitative estimate of drug-likeness (QED) is 0.0448. The lowest BCUT2D eigenvalue weighted by molar-refractivity contribution is 0.0999. The Bertz CT molecular complexity index is 5680. The molecule has 0 aliphatic carbocycles. The Morgan fingerprint density at radius 1 is 0.403 bits per heavy atom. The molecule has 5 aliphatic rings. The van der Waals surface area contributed by atoms with Crippen molar-refractivity contribution in [2.45, 2.75) is 112 Å². The van der Waals surface area contributed by atoms with E-state index in [1.165, 1.54) is 73.3 Å². The normalized spacial score (nSPS) is 17.4. The highest BCUT2D eigenvalue weighted by molar-refractivity contribution is 7.98. The first-order chi connectivity index (χ1) is 57.2. The van der Waals surface area contributed by atoms with Crippen LogP contribution in [0.1, 0.15) is 77.1 Å². The van der Waals surface area contributed by atoms with Gasteiger partial charge in [0.05, 0.1) is 66.1 Å². The molecule has 16 rings (SSSR count). The number of nitrogens with zero attached hydrogens (tertiary/aromatic N) is 8. The van der Waals surface area contributed by atoms with Crippen molar-refractivity contribution < 1.29 is 82.8 Å².